The van der Waals surface area contributed by atoms with Crippen molar-refractivity contribution in [3.05, 3.63) is 101 Å². The van der Waals surface area contributed by atoms with Crippen molar-refractivity contribution in [2.45, 2.75) is 31.8 Å². The van der Waals surface area contributed by atoms with Crippen LogP contribution in [-0.4, -0.2) is 44.9 Å². The van der Waals surface area contributed by atoms with Crippen LogP contribution in [0.1, 0.15) is 30.2 Å². The van der Waals surface area contributed by atoms with Gasteiger partial charge in [0.15, 0.2) is 0 Å². The molecule has 35 heavy (non-hydrogen) atoms. The lowest BCUT2D eigenvalue weighted by Crippen LogP contribution is -2.42. The van der Waals surface area contributed by atoms with Gasteiger partial charge in [0.1, 0.15) is 5.54 Å². The van der Waals surface area contributed by atoms with E-state index >= 15 is 0 Å². The molecule has 7 heteroatoms. The topological polar surface area (TPSA) is 58.4 Å². The number of aryl methyl sites for hydroxylation is 1. The molecule has 1 aliphatic rings. The lowest BCUT2D eigenvalue weighted by Gasteiger charge is -2.30. The van der Waals surface area contributed by atoms with Crippen LogP contribution in [-0.2, 0) is 23.3 Å². The van der Waals surface area contributed by atoms with Crippen LogP contribution in [0.15, 0.2) is 83.7 Å². The van der Waals surface area contributed by atoms with E-state index in [0.717, 1.165) is 39.5 Å². The molecule has 6 nitrogen and oxygen atoms in total. The van der Waals surface area contributed by atoms with Gasteiger partial charge in [-0.25, -0.2) is 9.78 Å². The van der Waals surface area contributed by atoms with E-state index in [0.29, 0.717) is 13.0 Å². The number of rotatable bonds is 7. The Hall–Kier alpha value is -3.45. The number of nitrogens with zero attached hydrogens (tertiary/aromatic N) is 4. The van der Waals surface area contributed by atoms with Gasteiger partial charge in [-0.05, 0) is 53.8 Å². The molecule has 1 aromatic heterocycles. The number of amides is 3. The highest BCUT2D eigenvalue weighted by Gasteiger charge is 2.53. The number of carbonyl (C=O) groups excluding carboxylic acids is 2. The normalized spacial score (nSPS) is 18.1. The average Bonchev–Trinajstić information content (AvgIpc) is 3.38. The fraction of sp³-hybridized carbons (Fsp3) is 0.250. The number of urea groups is 1. The molecule has 0 N–H and O–H groups in total. The van der Waals surface area contributed by atoms with Crippen LogP contribution in [0.5, 0.6) is 0 Å². The molecule has 1 aliphatic heterocycles. The predicted octanol–water partition coefficient (Wildman–Crippen LogP) is 5.59. The Kier molecular flexibility index (Phi) is 6.19. The molecule has 5 rings (SSSR count). The van der Waals surface area contributed by atoms with Crippen molar-refractivity contribution in [3.8, 4) is 0 Å². The van der Waals surface area contributed by atoms with Gasteiger partial charge in [-0.2, -0.15) is 0 Å². The van der Waals surface area contributed by atoms with Crippen LogP contribution in [0.25, 0.3) is 10.8 Å². The summed E-state index contributed by atoms with van der Waals surface area (Å²) in [4.78, 5) is 34.1. The minimum atomic E-state index is -1.04. The molecule has 178 valence electrons. The first kappa shape index (κ1) is 23.3. The molecule has 1 unspecified atom stereocenters. The predicted molar refractivity (Wildman–Crippen MR) is 140 cm³/mol. The van der Waals surface area contributed by atoms with Gasteiger partial charge in [0.05, 0.1) is 6.33 Å². The molecule has 1 fully saturated rings. The van der Waals surface area contributed by atoms with Gasteiger partial charge in [0, 0.05) is 36.5 Å². The summed E-state index contributed by atoms with van der Waals surface area (Å²) < 4.78 is 3.16. The Morgan fingerprint density at radius 3 is 2.51 bits per heavy atom. The standard InChI is InChI=1S/C28H27BrN4O2/c1-28(25-11-5-8-21-7-3-4-10-24(21)25)26(34)33(27(35)31(28)2)16-6-9-23-17-30-19-32(23)18-20-12-14-22(29)15-13-20/h3-5,7-8,10-15,17,19H,6,9,16,18H2,1-2H3. The van der Waals surface area contributed by atoms with E-state index in [9.17, 15) is 9.59 Å². The number of imide groups is 1. The van der Waals surface area contributed by atoms with Crippen molar-refractivity contribution in [1.82, 2.24) is 19.4 Å². The zero-order chi connectivity index (χ0) is 24.6. The number of benzene rings is 3. The lowest BCUT2D eigenvalue weighted by atomic mass is 9.86. The van der Waals surface area contributed by atoms with Crippen LogP contribution in [0.3, 0.4) is 0 Å². The number of imidazole rings is 1. The van der Waals surface area contributed by atoms with E-state index in [1.165, 1.54) is 10.5 Å². The second kappa shape index (κ2) is 9.30. The molecule has 1 atom stereocenters. The molecular weight excluding hydrogens is 504 g/mol. The summed E-state index contributed by atoms with van der Waals surface area (Å²) in [5, 5.41) is 2.04. The number of hydrogen-bond donors (Lipinski definition) is 0. The zero-order valence-electron chi connectivity index (χ0n) is 19.8. The van der Waals surface area contributed by atoms with Crippen LogP contribution < -0.4 is 0 Å². The second-order valence-corrected chi connectivity index (χ2v) is 10.1. The first-order valence-electron chi connectivity index (χ1n) is 11.7. The number of carbonyl (C=O) groups is 2. The number of hydrogen-bond acceptors (Lipinski definition) is 3. The van der Waals surface area contributed by atoms with Crippen LogP contribution >= 0.6 is 15.9 Å². The van der Waals surface area contributed by atoms with Gasteiger partial charge < -0.3 is 9.47 Å². The summed E-state index contributed by atoms with van der Waals surface area (Å²) in [6.45, 7) is 2.94. The second-order valence-electron chi connectivity index (χ2n) is 9.14. The van der Waals surface area contributed by atoms with E-state index in [1.807, 2.05) is 74.0 Å². The molecule has 0 saturated carbocycles. The summed E-state index contributed by atoms with van der Waals surface area (Å²) in [5.41, 5.74) is 2.08. The van der Waals surface area contributed by atoms with Crippen molar-refractivity contribution in [2.75, 3.05) is 13.6 Å². The van der Waals surface area contributed by atoms with Gasteiger partial charge in [0.2, 0.25) is 0 Å². The number of fused-ring (bicyclic) bond motifs is 1. The van der Waals surface area contributed by atoms with Gasteiger partial charge in [-0.15, -0.1) is 0 Å². The van der Waals surface area contributed by atoms with Crippen molar-refractivity contribution in [2.24, 2.45) is 0 Å². The summed E-state index contributed by atoms with van der Waals surface area (Å²) in [7, 11) is 1.72. The third kappa shape index (κ3) is 4.14. The molecule has 3 aromatic carbocycles. The maximum Gasteiger partial charge on any atom is 0.327 e. The first-order valence-corrected chi connectivity index (χ1v) is 12.5. The molecule has 0 spiro atoms. The number of halogens is 1. The van der Waals surface area contributed by atoms with E-state index in [2.05, 4.69) is 37.6 Å². The minimum absolute atomic E-state index is 0.176. The quantitative estimate of drug-likeness (QED) is 0.292. The van der Waals surface area contributed by atoms with Crippen molar-refractivity contribution < 1.29 is 9.59 Å². The van der Waals surface area contributed by atoms with Gasteiger partial charge in [-0.1, -0.05) is 70.5 Å². The molecule has 1 saturated heterocycles. The molecule has 0 bridgehead atoms. The maximum absolute atomic E-state index is 13.7. The average molecular weight is 531 g/mol. The fourth-order valence-electron chi connectivity index (χ4n) is 4.91. The van der Waals surface area contributed by atoms with Crippen LogP contribution in [0.2, 0.25) is 0 Å². The van der Waals surface area contributed by atoms with Gasteiger partial charge in [-0.3, -0.25) is 9.69 Å². The van der Waals surface area contributed by atoms with Gasteiger partial charge in [0.25, 0.3) is 5.91 Å². The Labute approximate surface area is 213 Å². The maximum atomic E-state index is 13.7. The Morgan fingerprint density at radius 2 is 1.71 bits per heavy atom. The Bertz CT molecular complexity index is 1390. The largest absolute Gasteiger partial charge is 0.330 e. The molecular formula is C28H27BrN4O2. The van der Waals surface area contributed by atoms with E-state index in [-0.39, 0.29) is 11.9 Å². The van der Waals surface area contributed by atoms with Crippen molar-refractivity contribution >= 4 is 38.6 Å². The molecule has 4 aromatic rings. The molecule has 3 amide bonds. The summed E-state index contributed by atoms with van der Waals surface area (Å²) in [6, 6.07) is 21.9. The van der Waals surface area contributed by atoms with E-state index in [4.69, 9.17) is 0 Å². The van der Waals surface area contributed by atoms with Crippen LogP contribution in [0, 0.1) is 0 Å². The highest BCUT2D eigenvalue weighted by atomic mass is 79.9. The minimum Gasteiger partial charge on any atom is -0.330 e. The van der Waals surface area contributed by atoms with Gasteiger partial charge >= 0.3 is 6.03 Å². The number of aromatic nitrogens is 2. The molecule has 0 radical (unpaired) electrons. The van der Waals surface area contributed by atoms with Crippen LogP contribution in [0.4, 0.5) is 4.79 Å². The van der Waals surface area contributed by atoms with E-state index in [1.54, 1.807) is 11.9 Å². The monoisotopic (exact) mass is 530 g/mol. The summed E-state index contributed by atoms with van der Waals surface area (Å²) >= 11 is 3.47. The van der Waals surface area contributed by atoms with Crippen molar-refractivity contribution in [1.29, 1.82) is 0 Å². The Morgan fingerprint density at radius 1 is 0.971 bits per heavy atom. The number of likely N-dealkylation sites (N-methyl/N-ethyl adjacent to an activating group) is 1. The fourth-order valence-corrected chi connectivity index (χ4v) is 5.18. The Balaban J connectivity index is 1.31. The van der Waals surface area contributed by atoms with Crippen molar-refractivity contribution in [3.63, 3.8) is 0 Å². The SMILES string of the molecule is CN1C(=O)N(CCCc2cncn2Cc2ccc(Br)cc2)C(=O)C1(C)c1cccc2ccccc12. The summed E-state index contributed by atoms with van der Waals surface area (Å²) in [5.74, 6) is -0.176. The highest BCUT2D eigenvalue weighted by Crippen LogP contribution is 2.39. The third-order valence-corrected chi connectivity index (χ3v) is 7.57. The third-order valence-electron chi connectivity index (χ3n) is 7.04. The highest BCUT2D eigenvalue weighted by molar-refractivity contribution is 9.10. The smallest absolute Gasteiger partial charge is 0.327 e. The lowest BCUT2D eigenvalue weighted by molar-refractivity contribution is -0.132. The zero-order valence-corrected chi connectivity index (χ0v) is 21.4. The first-order chi connectivity index (χ1) is 16.9. The molecule has 0 aliphatic carbocycles. The molecule has 2 heterocycles. The summed E-state index contributed by atoms with van der Waals surface area (Å²) in [6.07, 6.45) is 5.08. The van der Waals surface area contributed by atoms with E-state index < -0.39 is 5.54 Å².